The summed E-state index contributed by atoms with van der Waals surface area (Å²) in [5, 5.41) is -0.225. The van der Waals surface area contributed by atoms with Gasteiger partial charge in [0.25, 0.3) is 0 Å². The van der Waals surface area contributed by atoms with Crippen molar-refractivity contribution in [2.45, 2.75) is 23.4 Å². The van der Waals surface area contributed by atoms with Crippen molar-refractivity contribution >= 4 is 29.3 Å². The fraction of sp³-hybridized carbons (Fsp3) is 0.571. The summed E-state index contributed by atoms with van der Waals surface area (Å²) >= 11 is 2.67. The van der Waals surface area contributed by atoms with Gasteiger partial charge in [-0.2, -0.15) is 4.37 Å². The summed E-state index contributed by atoms with van der Waals surface area (Å²) < 4.78 is 9.40. The lowest BCUT2D eigenvalue weighted by molar-refractivity contribution is -0.139. The van der Waals surface area contributed by atoms with E-state index in [0.717, 1.165) is 10.2 Å². The van der Waals surface area contributed by atoms with Gasteiger partial charge in [0.05, 0.1) is 7.11 Å². The van der Waals surface area contributed by atoms with Gasteiger partial charge >= 0.3 is 5.97 Å². The van der Waals surface area contributed by atoms with Crippen molar-refractivity contribution in [1.82, 2.24) is 9.36 Å². The Labute approximate surface area is 84.9 Å². The van der Waals surface area contributed by atoms with Crippen LogP contribution in [0.1, 0.15) is 12.7 Å². The van der Waals surface area contributed by atoms with Gasteiger partial charge in [-0.1, -0.05) is 11.8 Å². The van der Waals surface area contributed by atoms with Crippen LogP contribution in [0.4, 0.5) is 0 Å². The SMILES string of the molecule is COC(=O)C(C)Sc1nc(C)ns1. The molecule has 13 heavy (non-hydrogen) atoms. The van der Waals surface area contributed by atoms with Crippen molar-refractivity contribution in [3.63, 3.8) is 0 Å². The Bertz CT molecular complexity index is 300. The molecule has 0 spiro atoms. The topological polar surface area (TPSA) is 52.1 Å². The number of carbonyl (C=O) groups is 1. The number of nitrogens with zero attached hydrogens (tertiary/aromatic N) is 2. The summed E-state index contributed by atoms with van der Waals surface area (Å²) in [6.45, 7) is 3.61. The van der Waals surface area contributed by atoms with Gasteiger partial charge in [-0.15, -0.1) is 0 Å². The van der Waals surface area contributed by atoms with E-state index in [1.54, 1.807) is 6.92 Å². The Morgan fingerprint density at radius 1 is 1.69 bits per heavy atom. The van der Waals surface area contributed by atoms with Crippen LogP contribution in [0.2, 0.25) is 0 Å². The fourth-order valence-corrected chi connectivity index (χ4v) is 2.51. The van der Waals surface area contributed by atoms with Crippen LogP contribution in [0.3, 0.4) is 0 Å². The molecule has 0 N–H and O–H groups in total. The minimum Gasteiger partial charge on any atom is -0.468 e. The number of carbonyl (C=O) groups excluding carboxylic acids is 1. The summed E-state index contributed by atoms with van der Waals surface area (Å²) in [5.74, 6) is 0.502. The number of thioether (sulfide) groups is 1. The minimum atomic E-state index is -0.238. The highest BCUT2D eigenvalue weighted by atomic mass is 32.2. The van der Waals surface area contributed by atoms with E-state index in [1.807, 2.05) is 6.92 Å². The smallest absolute Gasteiger partial charge is 0.318 e. The molecule has 0 aliphatic rings. The molecule has 4 nitrogen and oxygen atoms in total. The number of rotatable bonds is 3. The molecule has 0 saturated heterocycles. The van der Waals surface area contributed by atoms with Crippen LogP contribution in [-0.2, 0) is 9.53 Å². The first-order valence-corrected chi connectivity index (χ1v) is 5.33. The van der Waals surface area contributed by atoms with Crippen molar-refractivity contribution in [2.24, 2.45) is 0 Å². The normalized spacial score (nSPS) is 12.5. The highest BCUT2D eigenvalue weighted by Crippen LogP contribution is 2.25. The number of hydrogen-bond acceptors (Lipinski definition) is 6. The first-order chi connectivity index (χ1) is 6.13. The molecule has 6 heteroatoms. The van der Waals surface area contributed by atoms with Crippen LogP contribution in [-0.4, -0.2) is 27.7 Å². The number of ether oxygens (including phenoxy) is 1. The van der Waals surface area contributed by atoms with E-state index in [4.69, 9.17) is 0 Å². The van der Waals surface area contributed by atoms with E-state index in [9.17, 15) is 4.79 Å². The second kappa shape index (κ2) is 4.57. The van der Waals surface area contributed by atoms with Crippen LogP contribution < -0.4 is 0 Å². The van der Waals surface area contributed by atoms with Crippen molar-refractivity contribution in [3.8, 4) is 0 Å². The quantitative estimate of drug-likeness (QED) is 0.568. The van der Waals surface area contributed by atoms with E-state index in [0.29, 0.717) is 0 Å². The van der Waals surface area contributed by atoms with E-state index in [1.165, 1.54) is 30.4 Å². The molecular weight excluding hydrogens is 208 g/mol. The zero-order valence-electron chi connectivity index (χ0n) is 7.60. The van der Waals surface area contributed by atoms with Gasteiger partial charge in [-0.05, 0) is 25.4 Å². The van der Waals surface area contributed by atoms with Gasteiger partial charge in [0.1, 0.15) is 11.1 Å². The first-order valence-electron chi connectivity index (χ1n) is 3.68. The summed E-state index contributed by atoms with van der Waals surface area (Å²) in [6.07, 6.45) is 0. The third kappa shape index (κ3) is 2.96. The second-order valence-electron chi connectivity index (χ2n) is 2.39. The van der Waals surface area contributed by atoms with Crippen LogP contribution in [0.5, 0.6) is 0 Å². The maximum absolute atomic E-state index is 11.0. The number of hydrogen-bond donors (Lipinski definition) is 0. The zero-order chi connectivity index (χ0) is 9.84. The fourth-order valence-electron chi connectivity index (χ4n) is 0.691. The van der Waals surface area contributed by atoms with Crippen LogP contribution in [0.25, 0.3) is 0 Å². The zero-order valence-corrected chi connectivity index (χ0v) is 9.24. The predicted molar refractivity (Wildman–Crippen MR) is 52.0 cm³/mol. The van der Waals surface area contributed by atoms with E-state index in [2.05, 4.69) is 14.1 Å². The third-order valence-electron chi connectivity index (χ3n) is 1.32. The van der Waals surface area contributed by atoms with E-state index >= 15 is 0 Å². The average Bonchev–Trinajstić information content (AvgIpc) is 2.49. The first kappa shape index (κ1) is 10.5. The van der Waals surface area contributed by atoms with Crippen molar-refractivity contribution in [2.75, 3.05) is 7.11 Å². The molecule has 1 rings (SSSR count). The second-order valence-corrected chi connectivity index (χ2v) is 4.73. The molecule has 0 aliphatic heterocycles. The summed E-state index contributed by atoms with van der Waals surface area (Å²) in [4.78, 5) is 15.2. The summed E-state index contributed by atoms with van der Waals surface area (Å²) in [6, 6.07) is 0. The Hall–Kier alpha value is -0.620. The van der Waals surface area contributed by atoms with Crippen LogP contribution in [0, 0.1) is 6.92 Å². The largest absolute Gasteiger partial charge is 0.468 e. The van der Waals surface area contributed by atoms with Gasteiger partial charge in [0.2, 0.25) is 0 Å². The van der Waals surface area contributed by atoms with Crippen molar-refractivity contribution in [1.29, 1.82) is 0 Å². The standard InChI is InChI=1S/C7H10N2O2S2/c1-4(6(10)11-3)12-7-8-5(2)9-13-7/h4H,1-3H3. The monoisotopic (exact) mass is 218 g/mol. The van der Waals surface area contributed by atoms with Crippen molar-refractivity contribution in [3.05, 3.63) is 5.82 Å². The molecule has 72 valence electrons. The molecule has 0 radical (unpaired) electrons. The highest BCUT2D eigenvalue weighted by molar-refractivity contribution is 8.02. The predicted octanol–water partition coefficient (Wildman–Crippen LogP) is 1.50. The minimum absolute atomic E-state index is 0.225. The average molecular weight is 218 g/mol. The third-order valence-corrected chi connectivity index (χ3v) is 3.27. The van der Waals surface area contributed by atoms with Crippen molar-refractivity contribution < 1.29 is 9.53 Å². The molecule has 0 aliphatic carbocycles. The number of methoxy groups -OCH3 is 1. The molecule has 1 heterocycles. The lowest BCUT2D eigenvalue weighted by Gasteiger charge is -2.04. The summed E-state index contributed by atoms with van der Waals surface area (Å²) in [7, 11) is 1.38. The molecule has 1 unspecified atom stereocenters. The number of aromatic nitrogens is 2. The van der Waals surface area contributed by atoms with Gasteiger partial charge in [-0.3, -0.25) is 4.79 Å². The van der Waals surface area contributed by atoms with E-state index in [-0.39, 0.29) is 11.2 Å². The Kier molecular flexibility index (Phi) is 3.68. The lowest BCUT2D eigenvalue weighted by Crippen LogP contribution is -2.14. The molecule has 0 aromatic carbocycles. The maximum Gasteiger partial charge on any atom is 0.318 e. The van der Waals surface area contributed by atoms with Gasteiger partial charge in [-0.25, -0.2) is 4.98 Å². The number of esters is 1. The molecule has 1 atom stereocenters. The highest BCUT2D eigenvalue weighted by Gasteiger charge is 2.16. The van der Waals surface area contributed by atoms with Crippen LogP contribution in [0.15, 0.2) is 4.34 Å². The molecule has 0 saturated carbocycles. The molecular formula is C7H10N2O2S2. The van der Waals surface area contributed by atoms with Gasteiger partial charge in [0, 0.05) is 0 Å². The lowest BCUT2D eigenvalue weighted by atomic mass is 10.5. The van der Waals surface area contributed by atoms with E-state index < -0.39 is 0 Å². The van der Waals surface area contributed by atoms with Gasteiger partial charge < -0.3 is 4.74 Å². The van der Waals surface area contributed by atoms with Gasteiger partial charge in [0.15, 0.2) is 4.34 Å². The Morgan fingerprint density at radius 2 is 2.38 bits per heavy atom. The Morgan fingerprint density at radius 3 is 2.85 bits per heavy atom. The summed E-state index contributed by atoms with van der Waals surface area (Å²) in [5.41, 5.74) is 0. The molecule has 1 aromatic heterocycles. The van der Waals surface area contributed by atoms with Crippen LogP contribution >= 0.6 is 23.3 Å². The molecule has 0 bridgehead atoms. The molecule has 0 amide bonds. The maximum atomic E-state index is 11.0. The molecule has 1 aromatic rings. The number of aryl methyl sites for hydroxylation is 1. The Balaban J connectivity index is 2.54. The molecule has 0 fully saturated rings.